The molecule has 3 aromatic rings. The molecule has 0 heterocycles. The lowest BCUT2D eigenvalue weighted by Crippen LogP contribution is -2.21. The van der Waals surface area contributed by atoms with Gasteiger partial charge in [-0.3, -0.25) is 0 Å². The highest BCUT2D eigenvalue weighted by Gasteiger charge is 2.09. The second-order valence-electron chi connectivity index (χ2n) is 5.98. The summed E-state index contributed by atoms with van der Waals surface area (Å²) in [6, 6.07) is 17.3. The van der Waals surface area contributed by atoms with Crippen LogP contribution in [0.5, 0.6) is 11.5 Å². The monoisotopic (exact) mass is 321 g/mol. The summed E-state index contributed by atoms with van der Waals surface area (Å²) in [5, 5.41) is 21.8. The molecule has 0 fully saturated rings. The van der Waals surface area contributed by atoms with E-state index in [0.717, 1.165) is 35.0 Å². The fourth-order valence-corrected chi connectivity index (χ4v) is 3.17. The molecule has 0 aromatic heterocycles. The van der Waals surface area contributed by atoms with E-state index in [4.69, 9.17) is 0 Å². The van der Waals surface area contributed by atoms with Gasteiger partial charge >= 0.3 is 0 Å². The summed E-state index contributed by atoms with van der Waals surface area (Å²) in [4.78, 5) is 2.31. The predicted octanol–water partition coefficient (Wildman–Crippen LogP) is 4.69. The number of fused-ring (bicyclic) bond motifs is 1. The molecule has 3 aromatic carbocycles. The number of hydrogen-bond donors (Lipinski definition) is 2. The van der Waals surface area contributed by atoms with E-state index in [1.165, 1.54) is 5.69 Å². The summed E-state index contributed by atoms with van der Waals surface area (Å²) >= 11 is 0. The van der Waals surface area contributed by atoms with E-state index >= 15 is 0 Å². The first-order valence-electron chi connectivity index (χ1n) is 8.39. The molecule has 0 amide bonds. The fraction of sp³-hybridized carbons (Fsp3) is 0.238. The first-order chi connectivity index (χ1) is 11.6. The lowest BCUT2D eigenvalue weighted by atomic mass is 9.97. The molecule has 0 saturated carbocycles. The Kier molecular flexibility index (Phi) is 4.61. The van der Waals surface area contributed by atoms with Crippen molar-refractivity contribution in [2.75, 3.05) is 18.0 Å². The van der Waals surface area contributed by atoms with Gasteiger partial charge in [0.2, 0.25) is 0 Å². The Bertz CT molecular complexity index is 836. The van der Waals surface area contributed by atoms with Crippen LogP contribution in [0.1, 0.15) is 25.0 Å². The lowest BCUT2D eigenvalue weighted by Gasteiger charge is -2.21. The normalized spacial score (nSPS) is 10.9. The van der Waals surface area contributed by atoms with E-state index in [0.29, 0.717) is 12.2 Å². The Hall–Kier alpha value is -2.68. The van der Waals surface area contributed by atoms with Gasteiger partial charge in [-0.25, -0.2) is 0 Å². The molecule has 24 heavy (non-hydrogen) atoms. The first kappa shape index (κ1) is 16.2. The van der Waals surface area contributed by atoms with Crippen LogP contribution in [-0.2, 0) is 6.42 Å². The molecule has 2 N–H and O–H groups in total. The average molecular weight is 321 g/mol. The summed E-state index contributed by atoms with van der Waals surface area (Å²) in [5.41, 5.74) is 3.26. The minimum atomic E-state index is 0.239. The number of aromatic hydroxyl groups is 2. The zero-order valence-electron chi connectivity index (χ0n) is 14.2. The molecule has 0 aliphatic carbocycles. The second kappa shape index (κ2) is 6.83. The Labute approximate surface area is 142 Å². The van der Waals surface area contributed by atoms with Gasteiger partial charge in [0.1, 0.15) is 11.5 Å². The van der Waals surface area contributed by atoms with Crippen LogP contribution < -0.4 is 4.90 Å². The summed E-state index contributed by atoms with van der Waals surface area (Å²) < 4.78 is 0. The number of anilines is 1. The fourth-order valence-electron chi connectivity index (χ4n) is 3.17. The highest BCUT2D eigenvalue weighted by molar-refractivity contribution is 5.89. The van der Waals surface area contributed by atoms with Gasteiger partial charge in [-0.05, 0) is 60.5 Å². The molecule has 3 rings (SSSR count). The Morgan fingerprint density at radius 3 is 2.21 bits per heavy atom. The molecule has 0 aliphatic heterocycles. The third-order valence-electron chi connectivity index (χ3n) is 4.54. The van der Waals surface area contributed by atoms with Gasteiger partial charge < -0.3 is 15.1 Å². The average Bonchev–Trinajstić information content (AvgIpc) is 2.60. The lowest BCUT2D eigenvalue weighted by molar-refractivity contribution is 0.470. The summed E-state index contributed by atoms with van der Waals surface area (Å²) in [6.45, 7) is 6.29. The largest absolute Gasteiger partial charge is 0.508 e. The minimum absolute atomic E-state index is 0.239. The minimum Gasteiger partial charge on any atom is -0.508 e. The van der Waals surface area contributed by atoms with Crippen molar-refractivity contribution in [3.8, 4) is 11.5 Å². The molecule has 0 atom stereocenters. The number of phenols is 2. The SMILES string of the molecule is CCN(CC)c1ccc(Cc2c(O)ccc3cc(O)ccc23)cc1. The van der Waals surface area contributed by atoms with Gasteiger partial charge in [-0.2, -0.15) is 0 Å². The first-order valence-corrected chi connectivity index (χ1v) is 8.39. The van der Waals surface area contributed by atoms with Gasteiger partial charge in [0.05, 0.1) is 0 Å². The third-order valence-corrected chi connectivity index (χ3v) is 4.54. The zero-order valence-corrected chi connectivity index (χ0v) is 14.2. The maximum Gasteiger partial charge on any atom is 0.119 e. The molecule has 0 radical (unpaired) electrons. The topological polar surface area (TPSA) is 43.7 Å². The second-order valence-corrected chi connectivity index (χ2v) is 5.98. The molecule has 124 valence electrons. The van der Waals surface area contributed by atoms with E-state index in [9.17, 15) is 10.2 Å². The number of phenolic OH excluding ortho intramolecular Hbond substituents is 2. The van der Waals surface area contributed by atoms with Crippen molar-refractivity contribution in [1.82, 2.24) is 0 Å². The van der Waals surface area contributed by atoms with E-state index < -0.39 is 0 Å². The number of nitrogens with zero attached hydrogens (tertiary/aromatic N) is 1. The quantitative estimate of drug-likeness (QED) is 0.716. The highest BCUT2D eigenvalue weighted by atomic mass is 16.3. The van der Waals surface area contributed by atoms with E-state index in [1.54, 1.807) is 18.2 Å². The summed E-state index contributed by atoms with van der Waals surface area (Å²) in [5.74, 6) is 0.531. The van der Waals surface area contributed by atoms with Gasteiger partial charge in [-0.1, -0.05) is 24.3 Å². The van der Waals surface area contributed by atoms with Crippen LogP contribution in [0, 0.1) is 0 Å². The van der Waals surface area contributed by atoms with Crippen molar-refractivity contribution in [2.45, 2.75) is 20.3 Å². The van der Waals surface area contributed by atoms with Crippen LogP contribution in [0.2, 0.25) is 0 Å². The maximum atomic E-state index is 10.3. The van der Waals surface area contributed by atoms with Crippen molar-refractivity contribution in [3.05, 3.63) is 65.7 Å². The van der Waals surface area contributed by atoms with Gasteiger partial charge in [0.15, 0.2) is 0 Å². The summed E-state index contributed by atoms with van der Waals surface area (Å²) in [6.07, 6.45) is 0.659. The Balaban J connectivity index is 1.94. The molecule has 0 saturated heterocycles. The van der Waals surface area contributed by atoms with Crippen molar-refractivity contribution >= 4 is 16.5 Å². The van der Waals surface area contributed by atoms with Crippen LogP contribution >= 0.6 is 0 Å². The molecule has 3 nitrogen and oxygen atoms in total. The van der Waals surface area contributed by atoms with Crippen LogP contribution in [0.3, 0.4) is 0 Å². The Morgan fingerprint density at radius 1 is 0.833 bits per heavy atom. The van der Waals surface area contributed by atoms with E-state index in [1.807, 2.05) is 12.1 Å². The van der Waals surface area contributed by atoms with Gasteiger partial charge in [0.25, 0.3) is 0 Å². The van der Waals surface area contributed by atoms with Crippen LogP contribution in [0.15, 0.2) is 54.6 Å². The third kappa shape index (κ3) is 3.16. The molecule has 0 spiro atoms. The summed E-state index contributed by atoms with van der Waals surface area (Å²) in [7, 11) is 0. The molecule has 0 unspecified atom stereocenters. The molecule has 0 aliphatic rings. The van der Waals surface area contributed by atoms with Crippen LogP contribution in [0.25, 0.3) is 10.8 Å². The van der Waals surface area contributed by atoms with Gasteiger partial charge in [-0.15, -0.1) is 0 Å². The van der Waals surface area contributed by atoms with Crippen molar-refractivity contribution in [2.24, 2.45) is 0 Å². The Morgan fingerprint density at radius 2 is 1.54 bits per heavy atom. The molecular weight excluding hydrogens is 298 g/mol. The molecule has 3 heteroatoms. The maximum absolute atomic E-state index is 10.3. The van der Waals surface area contributed by atoms with E-state index in [2.05, 4.69) is 43.0 Å². The number of rotatable bonds is 5. The number of hydrogen-bond acceptors (Lipinski definition) is 3. The van der Waals surface area contributed by atoms with Crippen LogP contribution in [-0.4, -0.2) is 23.3 Å². The van der Waals surface area contributed by atoms with Crippen LogP contribution in [0.4, 0.5) is 5.69 Å². The molecular formula is C21H23NO2. The smallest absolute Gasteiger partial charge is 0.119 e. The van der Waals surface area contributed by atoms with Crippen molar-refractivity contribution in [3.63, 3.8) is 0 Å². The standard InChI is InChI=1S/C21H23NO2/c1-3-22(4-2)17-8-5-15(6-9-17)13-20-19-11-10-18(23)14-16(19)7-12-21(20)24/h5-12,14,23-24H,3-4,13H2,1-2H3. The number of benzene rings is 3. The highest BCUT2D eigenvalue weighted by Crippen LogP contribution is 2.31. The van der Waals surface area contributed by atoms with Crippen molar-refractivity contribution in [1.29, 1.82) is 0 Å². The zero-order chi connectivity index (χ0) is 17.1. The molecule has 0 bridgehead atoms. The van der Waals surface area contributed by atoms with Gasteiger partial charge in [0, 0.05) is 30.8 Å². The van der Waals surface area contributed by atoms with Crippen molar-refractivity contribution < 1.29 is 10.2 Å². The predicted molar refractivity (Wildman–Crippen MR) is 100 cm³/mol. The van der Waals surface area contributed by atoms with E-state index in [-0.39, 0.29) is 5.75 Å².